The summed E-state index contributed by atoms with van der Waals surface area (Å²) >= 11 is 0. The molecule has 4 rings (SSSR count). The Balaban J connectivity index is 1.61. The number of halogens is 2. The second-order valence-corrected chi connectivity index (χ2v) is 10.9. The number of amides is 1. The van der Waals surface area contributed by atoms with Gasteiger partial charge in [-0.2, -0.15) is 0 Å². The van der Waals surface area contributed by atoms with E-state index >= 15 is 0 Å². The third-order valence-corrected chi connectivity index (χ3v) is 7.01. The van der Waals surface area contributed by atoms with Crippen LogP contribution in [0.25, 0.3) is 0 Å². The van der Waals surface area contributed by atoms with Crippen LogP contribution in [0.4, 0.5) is 8.78 Å². The quantitative estimate of drug-likeness (QED) is 0.497. The minimum atomic E-state index is -1.29. The summed E-state index contributed by atoms with van der Waals surface area (Å²) in [6.07, 6.45) is -1.33. The lowest BCUT2D eigenvalue weighted by Crippen LogP contribution is -2.60. The molecule has 0 aromatic heterocycles. The van der Waals surface area contributed by atoms with Crippen molar-refractivity contribution >= 4 is 5.91 Å². The molecule has 1 saturated carbocycles. The Kier molecular flexibility index (Phi) is 8.84. The Hall–Kier alpha value is -2.43. The second-order valence-electron chi connectivity index (χ2n) is 10.9. The van der Waals surface area contributed by atoms with Crippen molar-refractivity contribution in [3.8, 4) is 0 Å². The molecule has 9 heteroatoms. The number of aryl methyl sites for hydroxylation is 1. The number of ether oxygens (including phenoxy) is 4. The van der Waals surface area contributed by atoms with E-state index in [2.05, 4.69) is 5.32 Å². The summed E-state index contributed by atoms with van der Waals surface area (Å²) in [6, 6.07) is 11.6. The fraction of sp³-hybridized carbons (Fsp3) is 0.552. The lowest BCUT2D eigenvalue weighted by atomic mass is 9.78. The maximum absolute atomic E-state index is 14.4. The van der Waals surface area contributed by atoms with E-state index in [9.17, 15) is 13.6 Å². The molecule has 2 fully saturated rings. The number of carbonyl (C=O) groups excluding carboxylic acids is 1. The zero-order valence-corrected chi connectivity index (χ0v) is 22.8. The predicted molar refractivity (Wildman–Crippen MR) is 138 cm³/mol. The second kappa shape index (κ2) is 11.8. The van der Waals surface area contributed by atoms with Crippen LogP contribution in [0.1, 0.15) is 43.4 Å². The zero-order chi connectivity index (χ0) is 27.5. The molecule has 1 aliphatic carbocycles. The lowest BCUT2D eigenvalue weighted by Gasteiger charge is -2.43. The van der Waals surface area contributed by atoms with Crippen molar-refractivity contribution in [1.82, 2.24) is 10.2 Å². The summed E-state index contributed by atoms with van der Waals surface area (Å²) < 4.78 is 53.6. The van der Waals surface area contributed by atoms with Crippen LogP contribution in [-0.4, -0.2) is 67.7 Å². The van der Waals surface area contributed by atoms with Crippen molar-refractivity contribution in [2.75, 3.05) is 27.2 Å². The minimum absolute atomic E-state index is 0.142. The highest BCUT2D eigenvalue weighted by Crippen LogP contribution is 2.44. The number of hydrogen-bond acceptors (Lipinski definition) is 6. The number of carbonyl (C=O) groups is 1. The average Bonchev–Trinajstić information content (AvgIpc) is 3.16. The molecule has 0 bridgehead atoms. The molecular formula is C29H38F2N2O5. The van der Waals surface area contributed by atoms with E-state index in [0.717, 1.165) is 11.1 Å². The first kappa shape index (κ1) is 28.6. The van der Waals surface area contributed by atoms with Crippen LogP contribution >= 0.6 is 0 Å². The molecule has 0 spiro atoms. The molecule has 1 amide bonds. The van der Waals surface area contributed by atoms with Crippen molar-refractivity contribution in [3.05, 3.63) is 70.8 Å². The van der Waals surface area contributed by atoms with Gasteiger partial charge in [0.05, 0.1) is 25.4 Å². The molecular weight excluding hydrogens is 494 g/mol. The van der Waals surface area contributed by atoms with Crippen molar-refractivity contribution in [1.29, 1.82) is 0 Å². The van der Waals surface area contributed by atoms with Gasteiger partial charge in [-0.25, -0.2) is 8.78 Å². The van der Waals surface area contributed by atoms with Crippen LogP contribution in [0.2, 0.25) is 0 Å². The maximum Gasteiger partial charge on any atom is 0.252 e. The molecule has 1 saturated heterocycles. The van der Waals surface area contributed by atoms with Gasteiger partial charge in [0.15, 0.2) is 11.4 Å². The number of rotatable bonds is 10. The highest BCUT2D eigenvalue weighted by Gasteiger charge is 2.58. The first-order valence-corrected chi connectivity index (χ1v) is 13.0. The zero-order valence-electron chi connectivity index (χ0n) is 22.8. The van der Waals surface area contributed by atoms with Crippen LogP contribution in [0.5, 0.6) is 0 Å². The van der Waals surface area contributed by atoms with Crippen LogP contribution in [0.15, 0.2) is 42.5 Å². The van der Waals surface area contributed by atoms with Crippen molar-refractivity contribution in [2.24, 2.45) is 0 Å². The molecule has 1 heterocycles. The SMILES string of the molecule is Cc1cccc(CO[C@]2(C(=O)NCCN(C)C)C[C@H](OCc3c(F)cccc3F)[C@@H]3OC(C)(C)O[C@@H]3C2)c1. The topological polar surface area (TPSA) is 69.3 Å². The van der Waals surface area contributed by atoms with Gasteiger partial charge in [0.2, 0.25) is 0 Å². The molecule has 1 N–H and O–H groups in total. The van der Waals surface area contributed by atoms with E-state index in [1.807, 2.05) is 50.2 Å². The van der Waals surface area contributed by atoms with E-state index in [0.29, 0.717) is 13.1 Å². The summed E-state index contributed by atoms with van der Waals surface area (Å²) in [4.78, 5) is 15.7. The summed E-state index contributed by atoms with van der Waals surface area (Å²) in [6.45, 7) is 6.58. The fourth-order valence-corrected chi connectivity index (χ4v) is 5.15. The van der Waals surface area contributed by atoms with Gasteiger partial charge in [-0.3, -0.25) is 4.79 Å². The van der Waals surface area contributed by atoms with Gasteiger partial charge in [0.25, 0.3) is 5.91 Å². The van der Waals surface area contributed by atoms with Gasteiger partial charge < -0.3 is 29.2 Å². The lowest BCUT2D eigenvalue weighted by molar-refractivity contribution is -0.183. The molecule has 38 heavy (non-hydrogen) atoms. The Morgan fingerprint density at radius 1 is 1.08 bits per heavy atom. The summed E-state index contributed by atoms with van der Waals surface area (Å²) in [5, 5.41) is 3.01. The Labute approximate surface area is 223 Å². The van der Waals surface area contributed by atoms with Gasteiger partial charge in [-0.05, 0) is 52.6 Å². The summed E-state index contributed by atoms with van der Waals surface area (Å²) in [5.41, 5.74) is 0.554. The Bertz CT molecular complexity index is 1110. The number of nitrogens with zero attached hydrogens (tertiary/aromatic N) is 1. The van der Waals surface area contributed by atoms with E-state index in [1.54, 1.807) is 13.8 Å². The molecule has 4 atom stereocenters. The van der Waals surface area contributed by atoms with Gasteiger partial charge in [0.1, 0.15) is 17.7 Å². The molecule has 0 unspecified atom stereocenters. The minimum Gasteiger partial charge on any atom is -0.370 e. The van der Waals surface area contributed by atoms with Gasteiger partial charge in [-0.15, -0.1) is 0 Å². The first-order valence-electron chi connectivity index (χ1n) is 13.0. The van der Waals surface area contributed by atoms with Crippen molar-refractivity contribution in [3.63, 3.8) is 0 Å². The highest BCUT2D eigenvalue weighted by molar-refractivity contribution is 5.85. The van der Waals surface area contributed by atoms with Crippen molar-refractivity contribution < 1.29 is 32.5 Å². The summed E-state index contributed by atoms with van der Waals surface area (Å²) in [5.74, 6) is -2.56. The third kappa shape index (κ3) is 6.76. The molecule has 2 aliphatic rings. The largest absolute Gasteiger partial charge is 0.370 e. The number of benzene rings is 2. The number of nitrogens with one attached hydrogen (secondary N) is 1. The predicted octanol–water partition coefficient (Wildman–Crippen LogP) is 4.11. The number of hydrogen-bond donors (Lipinski definition) is 1. The monoisotopic (exact) mass is 532 g/mol. The van der Waals surface area contributed by atoms with E-state index < -0.39 is 41.3 Å². The standard InChI is InChI=1S/C29H38F2N2O5/c1-19-8-6-9-20(14-19)17-36-29(27(34)32-12-13-33(4)5)15-24(26-25(16-29)37-28(2,3)38-26)35-18-21-22(30)10-7-11-23(21)31/h6-11,14,24-26H,12-13,15-18H2,1-5H3,(H,32,34)/t24-,25+,26-,29+/m0/s1. The molecule has 1 aliphatic heterocycles. The Morgan fingerprint density at radius 3 is 2.47 bits per heavy atom. The maximum atomic E-state index is 14.4. The van der Waals surface area contributed by atoms with Crippen LogP contribution in [0.3, 0.4) is 0 Å². The van der Waals surface area contributed by atoms with E-state index in [-0.39, 0.29) is 37.5 Å². The van der Waals surface area contributed by atoms with Gasteiger partial charge in [0, 0.05) is 31.5 Å². The highest BCUT2D eigenvalue weighted by atomic mass is 19.1. The van der Waals surface area contributed by atoms with E-state index in [4.69, 9.17) is 18.9 Å². The van der Waals surface area contributed by atoms with Crippen LogP contribution < -0.4 is 5.32 Å². The third-order valence-electron chi connectivity index (χ3n) is 7.01. The number of fused-ring (bicyclic) bond motifs is 1. The molecule has 208 valence electrons. The summed E-state index contributed by atoms with van der Waals surface area (Å²) in [7, 11) is 3.86. The molecule has 7 nitrogen and oxygen atoms in total. The van der Waals surface area contributed by atoms with Crippen molar-refractivity contribution in [2.45, 2.75) is 76.5 Å². The number of likely N-dealkylation sites (N-methyl/N-ethyl adjacent to an activating group) is 1. The van der Waals surface area contributed by atoms with Gasteiger partial charge in [-0.1, -0.05) is 35.9 Å². The normalized spacial score (nSPS) is 26.4. The van der Waals surface area contributed by atoms with Gasteiger partial charge >= 0.3 is 0 Å². The molecule has 0 radical (unpaired) electrons. The first-order chi connectivity index (χ1) is 18.0. The Morgan fingerprint density at radius 2 is 1.79 bits per heavy atom. The van der Waals surface area contributed by atoms with Crippen LogP contribution in [0, 0.1) is 18.6 Å². The van der Waals surface area contributed by atoms with E-state index in [1.165, 1.54) is 18.2 Å². The average molecular weight is 533 g/mol. The fourth-order valence-electron chi connectivity index (χ4n) is 5.15. The molecule has 2 aromatic carbocycles. The van der Waals surface area contributed by atoms with Crippen LogP contribution in [-0.2, 0) is 37.0 Å². The molecule has 2 aromatic rings. The smallest absolute Gasteiger partial charge is 0.252 e.